The van der Waals surface area contributed by atoms with E-state index in [-0.39, 0.29) is 12.3 Å². The normalized spacial score (nSPS) is 22.7. The summed E-state index contributed by atoms with van der Waals surface area (Å²) in [7, 11) is 1.57. The number of hydrogen-bond acceptors (Lipinski definition) is 3. The summed E-state index contributed by atoms with van der Waals surface area (Å²) < 4.78 is 5.25. The molecule has 2 rings (SSSR count). The molecule has 0 spiro atoms. The van der Waals surface area contributed by atoms with Crippen molar-refractivity contribution in [1.29, 1.82) is 0 Å². The standard InChI is InChI=1S/C15H20ClNO3/c1-15(19)6-3-7-17(10-15)14(18)9-11-8-12(16)4-5-13(11)20-2/h4-5,8,19H,3,6-7,9-10H2,1-2H3. The van der Waals surface area contributed by atoms with E-state index in [0.29, 0.717) is 23.9 Å². The van der Waals surface area contributed by atoms with Gasteiger partial charge in [0.15, 0.2) is 0 Å². The van der Waals surface area contributed by atoms with E-state index in [1.165, 1.54) is 0 Å². The number of likely N-dealkylation sites (tertiary alicyclic amines) is 1. The highest BCUT2D eigenvalue weighted by Gasteiger charge is 2.31. The Morgan fingerprint density at radius 3 is 2.95 bits per heavy atom. The molecule has 1 saturated heterocycles. The number of carbonyl (C=O) groups excluding carboxylic acids is 1. The smallest absolute Gasteiger partial charge is 0.227 e. The summed E-state index contributed by atoms with van der Waals surface area (Å²) in [6, 6.07) is 5.25. The Morgan fingerprint density at radius 1 is 1.55 bits per heavy atom. The van der Waals surface area contributed by atoms with E-state index in [2.05, 4.69) is 0 Å². The number of piperidine rings is 1. The minimum Gasteiger partial charge on any atom is -0.496 e. The SMILES string of the molecule is COc1ccc(Cl)cc1CC(=O)N1CCCC(C)(O)C1. The molecule has 0 bridgehead atoms. The number of amides is 1. The monoisotopic (exact) mass is 297 g/mol. The van der Waals surface area contributed by atoms with Gasteiger partial charge >= 0.3 is 0 Å². The fourth-order valence-corrected chi connectivity index (χ4v) is 2.79. The number of β-amino-alcohol motifs (C(OH)–C–C–N with tert-alkyl or cyclic N) is 1. The Morgan fingerprint density at radius 2 is 2.30 bits per heavy atom. The molecule has 1 N–H and O–H groups in total. The van der Waals surface area contributed by atoms with Gasteiger partial charge < -0.3 is 14.7 Å². The molecule has 1 amide bonds. The van der Waals surface area contributed by atoms with Crippen LogP contribution in [0.25, 0.3) is 0 Å². The second-order valence-electron chi connectivity index (χ2n) is 5.55. The summed E-state index contributed by atoms with van der Waals surface area (Å²) in [5, 5.41) is 10.6. The zero-order valence-corrected chi connectivity index (χ0v) is 12.6. The van der Waals surface area contributed by atoms with Gasteiger partial charge in [0.1, 0.15) is 5.75 Å². The maximum atomic E-state index is 12.4. The van der Waals surface area contributed by atoms with Crippen molar-refractivity contribution in [2.24, 2.45) is 0 Å². The molecule has 0 radical (unpaired) electrons. The zero-order valence-electron chi connectivity index (χ0n) is 11.9. The Kier molecular flexibility index (Phi) is 4.55. The minimum atomic E-state index is -0.785. The number of methoxy groups -OCH3 is 1. The molecule has 1 atom stereocenters. The van der Waals surface area contributed by atoms with Crippen LogP contribution in [0, 0.1) is 0 Å². The second kappa shape index (κ2) is 6.02. The largest absolute Gasteiger partial charge is 0.496 e. The van der Waals surface area contributed by atoms with Gasteiger partial charge in [0.05, 0.1) is 19.1 Å². The van der Waals surface area contributed by atoms with E-state index in [4.69, 9.17) is 16.3 Å². The lowest BCUT2D eigenvalue weighted by atomic mass is 9.94. The summed E-state index contributed by atoms with van der Waals surface area (Å²) in [5.41, 5.74) is -0.0120. The molecule has 1 aromatic rings. The Bertz CT molecular complexity index is 502. The Labute approximate surface area is 124 Å². The maximum Gasteiger partial charge on any atom is 0.227 e. The summed E-state index contributed by atoms with van der Waals surface area (Å²) in [6.07, 6.45) is 1.79. The molecule has 110 valence electrons. The molecule has 1 heterocycles. The lowest BCUT2D eigenvalue weighted by Crippen LogP contribution is -2.49. The second-order valence-corrected chi connectivity index (χ2v) is 5.99. The van der Waals surface area contributed by atoms with Crippen LogP contribution < -0.4 is 4.74 Å². The van der Waals surface area contributed by atoms with E-state index in [9.17, 15) is 9.90 Å². The zero-order chi connectivity index (χ0) is 14.8. The molecule has 5 heteroatoms. The van der Waals surface area contributed by atoms with Crippen molar-refractivity contribution in [3.63, 3.8) is 0 Å². The van der Waals surface area contributed by atoms with Crippen LogP contribution in [0.2, 0.25) is 5.02 Å². The van der Waals surface area contributed by atoms with Gasteiger partial charge in [-0.1, -0.05) is 11.6 Å². The maximum absolute atomic E-state index is 12.4. The average molecular weight is 298 g/mol. The van der Waals surface area contributed by atoms with Crippen LogP contribution in [0.3, 0.4) is 0 Å². The van der Waals surface area contributed by atoms with Crippen molar-refractivity contribution in [2.75, 3.05) is 20.2 Å². The number of benzene rings is 1. The Balaban J connectivity index is 2.09. The molecule has 0 saturated carbocycles. The van der Waals surface area contributed by atoms with Crippen molar-refractivity contribution in [3.05, 3.63) is 28.8 Å². The predicted molar refractivity (Wildman–Crippen MR) is 78.1 cm³/mol. The summed E-state index contributed by atoms with van der Waals surface area (Å²) >= 11 is 5.97. The third-order valence-electron chi connectivity index (χ3n) is 3.61. The molecule has 1 aromatic carbocycles. The van der Waals surface area contributed by atoms with E-state index in [1.54, 1.807) is 37.1 Å². The van der Waals surface area contributed by atoms with Gasteiger partial charge in [-0.3, -0.25) is 4.79 Å². The van der Waals surface area contributed by atoms with Crippen LogP contribution in [0.4, 0.5) is 0 Å². The van der Waals surface area contributed by atoms with Gasteiger partial charge in [-0.25, -0.2) is 0 Å². The first-order valence-electron chi connectivity index (χ1n) is 6.74. The van der Waals surface area contributed by atoms with Crippen molar-refractivity contribution < 1.29 is 14.6 Å². The van der Waals surface area contributed by atoms with Crippen LogP contribution in [-0.2, 0) is 11.2 Å². The van der Waals surface area contributed by atoms with Crippen LogP contribution >= 0.6 is 11.6 Å². The van der Waals surface area contributed by atoms with Gasteiger partial charge in [0.25, 0.3) is 0 Å². The van der Waals surface area contributed by atoms with E-state index in [0.717, 1.165) is 18.4 Å². The van der Waals surface area contributed by atoms with Crippen LogP contribution in [0.5, 0.6) is 5.75 Å². The highest BCUT2D eigenvalue weighted by atomic mass is 35.5. The van der Waals surface area contributed by atoms with Gasteiger partial charge in [-0.2, -0.15) is 0 Å². The van der Waals surface area contributed by atoms with Crippen molar-refractivity contribution in [3.8, 4) is 5.75 Å². The first-order chi connectivity index (χ1) is 9.41. The van der Waals surface area contributed by atoms with Gasteiger partial charge in [0, 0.05) is 23.7 Å². The molecule has 1 fully saturated rings. The molecule has 0 aliphatic carbocycles. The van der Waals surface area contributed by atoms with Crippen molar-refractivity contribution in [1.82, 2.24) is 4.90 Å². The lowest BCUT2D eigenvalue weighted by Gasteiger charge is -2.37. The number of ether oxygens (including phenoxy) is 1. The highest BCUT2D eigenvalue weighted by molar-refractivity contribution is 6.30. The molecule has 1 aliphatic heterocycles. The van der Waals surface area contributed by atoms with Gasteiger partial charge in [0.2, 0.25) is 5.91 Å². The quantitative estimate of drug-likeness (QED) is 0.931. The first kappa shape index (κ1) is 15.1. The molecule has 20 heavy (non-hydrogen) atoms. The van der Waals surface area contributed by atoms with Crippen LogP contribution in [-0.4, -0.2) is 41.7 Å². The van der Waals surface area contributed by atoms with E-state index >= 15 is 0 Å². The number of aliphatic hydroxyl groups is 1. The fourth-order valence-electron chi connectivity index (χ4n) is 2.59. The summed E-state index contributed by atoms with van der Waals surface area (Å²) in [4.78, 5) is 14.1. The third-order valence-corrected chi connectivity index (χ3v) is 3.85. The van der Waals surface area contributed by atoms with Crippen molar-refractivity contribution >= 4 is 17.5 Å². The van der Waals surface area contributed by atoms with Crippen LogP contribution in [0.15, 0.2) is 18.2 Å². The molecular weight excluding hydrogens is 278 g/mol. The number of carbonyl (C=O) groups is 1. The predicted octanol–water partition coefficient (Wildman–Crippen LogP) is 2.26. The topological polar surface area (TPSA) is 49.8 Å². The fraction of sp³-hybridized carbons (Fsp3) is 0.533. The van der Waals surface area contributed by atoms with Crippen molar-refractivity contribution in [2.45, 2.75) is 31.8 Å². The molecule has 4 nitrogen and oxygen atoms in total. The van der Waals surface area contributed by atoms with Crippen LogP contribution in [0.1, 0.15) is 25.3 Å². The first-order valence-corrected chi connectivity index (χ1v) is 7.12. The number of nitrogens with zero attached hydrogens (tertiary/aromatic N) is 1. The molecule has 0 aromatic heterocycles. The van der Waals surface area contributed by atoms with Gasteiger partial charge in [-0.05, 0) is 38.0 Å². The molecule has 1 unspecified atom stereocenters. The average Bonchev–Trinajstić information content (AvgIpc) is 2.38. The number of hydrogen-bond donors (Lipinski definition) is 1. The van der Waals surface area contributed by atoms with Gasteiger partial charge in [-0.15, -0.1) is 0 Å². The van der Waals surface area contributed by atoms with E-state index in [1.807, 2.05) is 0 Å². The Hall–Kier alpha value is -1.26. The third kappa shape index (κ3) is 3.64. The highest BCUT2D eigenvalue weighted by Crippen LogP contribution is 2.25. The molecular formula is C15H20ClNO3. The summed E-state index contributed by atoms with van der Waals surface area (Å²) in [6.45, 7) is 2.85. The lowest BCUT2D eigenvalue weighted by molar-refractivity contribution is -0.136. The molecule has 1 aliphatic rings. The number of halogens is 1. The minimum absolute atomic E-state index is 0.00876. The van der Waals surface area contributed by atoms with E-state index < -0.39 is 5.60 Å². The number of rotatable bonds is 3. The summed E-state index contributed by atoms with van der Waals surface area (Å²) in [5.74, 6) is 0.650.